The van der Waals surface area contributed by atoms with E-state index >= 15 is 0 Å². The zero-order valence-corrected chi connectivity index (χ0v) is 14.8. The summed E-state index contributed by atoms with van der Waals surface area (Å²) in [6, 6.07) is 15.6. The average Bonchev–Trinajstić information content (AvgIpc) is 3.01. The van der Waals surface area contributed by atoms with Crippen LogP contribution in [0.2, 0.25) is 0 Å². The number of benzene rings is 2. The zero-order chi connectivity index (χ0) is 17.8. The van der Waals surface area contributed by atoms with E-state index in [0.717, 1.165) is 23.1 Å². The third kappa shape index (κ3) is 3.59. The maximum atomic E-state index is 12.7. The molecule has 1 heterocycles. The van der Waals surface area contributed by atoms with Crippen molar-refractivity contribution in [2.24, 2.45) is 0 Å². The summed E-state index contributed by atoms with van der Waals surface area (Å²) in [6.07, 6.45) is 1.09. The lowest BCUT2D eigenvalue weighted by Gasteiger charge is -2.10. The van der Waals surface area contributed by atoms with Crippen LogP contribution >= 0.6 is 0 Å². The fourth-order valence-corrected chi connectivity index (χ4v) is 2.89. The summed E-state index contributed by atoms with van der Waals surface area (Å²) in [5, 5.41) is 3.82. The van der Waals surface area contributed by atoms with Gasteiger partial charge < -0.3 is 14.5 Å². The fraction of sp³-hybridized carbons (Fsp3) is 0.286. The van der Waals surface area contributed by atoms with Crippen LogP contribution in [0.4, 0.5) is 5.69 Å². The van der Waals surface area contributed by atoms with Crippen molar-refractivity contribution in [1.29, 1.82) is 0 Å². The number of para-hydroxylation sites is 1. The first-order valence-corrected chi connectivity index (χ1v) is 8.54. The minimum absolute atomic E-state index is 0.264. The second-order valence-electron chi connectivity index (χ2n) is 6.22. The number of nitrogens with one attached hydrogen (secondary N) is 1. The molecule has 1 N–H and O–H groups in total. The molecule has 0 unspecified atom stereocenters. The van der Waals surface area contributed by atoms with Crippen molar-refractivity contribution in [3.63, 3.8) is 0 Å². The van der Waals surface area contributed by atoms with Crippen molar-refractivity contribution >= 4 is 22.6 Å². The molecule has 0 radical (unpaired) electrons. The number of furan rings is 1. The molecule has 3 aromatic rings. The second kappa shape index (κ2) is 7.53. The lowest BCUT2D eigenvalue weighted by molar-refractivity contribution is 0.0992. The predicted octanol–water partition coefficient (Wildman–Crippen LogP) is 5.35. The molecule has 1 amide bonds. The maximum Gasteiger partial charge on any atom is 0.291 e. The van der Waals surface area contributed by atoms with Crippen molar-refractivity contribution in [2.75, 3.05) is 12.4 Å². The lowest BCUT2D eigenvalue weighted by Crippen LogP contribution is -2.13. The lowest BCUT2D eigenvalue weighted by atomic mass is 9.99. The first kappa shape index (κ1) is 17.2. The van der Waals surface area contributed by atoms with Gasteiger partial charge in [-0.2, -0.15) is 0 Å². The van der Waals surface area contributed by atoms with Gasteiger partial charge in [0.1, 0.15) is 5.58 Å². The molecule has 0 saturated carbocycles. The molecule has 4 nitrogen and oxygen atoms in total. The number of amides is 1. The number of carbonyl (C=O) groups is 1. The van der Waals surface area contributed by atoms with Crippen molar-refractivity contribution in [1.82, 2.24) is 0 Å². The first-order valence-electron chi connectivity index (χ1n) is 8.54. The maximum absolute atomic E-state index is 12.7. The molecule has 4 heteroatoms. The summed E-state index contributed by atoms with van der Waals surface area (Å²) in [4.78, 5) is 12.7. The molecular formula is C21H23NO3. The van der Waals surface area contributed by atoms with Gasteiger partial charge in [0.25, 0.3) is 5.91 Å². The van der Waals surface area contributed by atoms with Crippen LogP contribution in [0.1, 0.15) is 47.9 Å². The quantitative estimate of drug-likeness (QED) is 0.660. The Morgan fingerprint density at radius 3 is 2.56 bits per heavy atom. The van der Waals surface area contributed by atoms with E-state index in [1.807, 2.05) is 36.4 Å². The van der Waals surface area contributed by atoms with Gasteiger partial charge >= 0.3 is 0 Å². The number of hydrogen-bond donors (Lipinski definition) is 1. The van der Waals surface area contributed by atoms with Crippen LogP contribution in [-0.2, 0) is 11.3 Å². The van der Waals surface area contributed by atoms with Crippen molar-refractivity contribution in [3.05, 3.63) is 65.4 Å². The summed E-state index contributed by atoms with van der Waals surface area (Å²) in [7, 11) is 1.61. The Bertz CT molecular complexity index is 864. The van der Waals surface area contributed by atoms with E-state index in [9.17, 15) is 4.79 Å². The molecule has 0 saturated heterocycles. The van der Waals surface area contributed by atoms with Crippen LogP contribution in [0.15, 0.2) is 52.9 Å². The van der Waals surface area contributed by atoms with E-state index < -0.39 is 0 Å². The van der Waals surface area contributed by atoms with Crippen LogP contribution in [-0.4, -0.2) is 13.0 Å². The molecule has 0 aliphatic carbocycles. The standard InChI is InChI=1S/C21H23NO3/c1-4-14(2)15-9-11-16(12-10-15)22-21(23)20-18(13-24-3)17-7-5-6-8-19(17)25-20/h5-12,14H,4,13H2,1-3H3,(H,22,23)/t14-/m1/s1. The summed E-state index contributed by atoms with van der Waals surface area (Å²) < 4.78 is 11.0. The Kier molecular flexibility index (Phi) is 5.19. The Balaban J connectivity index is 1.86. The van der Waals surface area contributed by atoms with Gasteiger partial charge in [-0.05, 0) is 36.1 Å². The van der Waals surface area contributed by atoms with Crippen LogP contribution in [0.25, 0.3) is 11.0 Å². The summed E-state index contributed by atoms with van der Waals surface area (Å²) in [6.45, 7) is 4.69. The van der Waals surface area contributed by atoms with Crippen molar-refractivity contribution in [2.45, 2.75) is 32.8 Å². The summed E-state index contributed by atoms with van der Waals surface area (Å²) >= 11 is 0. The Hall–Kier alpha value is -2.59. The molecule has 0 fully saturated rings. The van der Waals surface area contributed by atoms with Crippen molar-refractivity contribution < 1.29 is 13.9 Å². The topological polar surface area (TPSA) is 51.5 Å². The molecule has 0 spiro atoms. The highest BCUT2D eigenvalue weighted by Gasteiger charge is 2.20. The Morgan fingerprint density at radius 2 is 1.88 bits per heavy atom. The largest absolute Gasteiger partial charge is 0.451 e. The van der Waals surface area contributed by atoms with Gasteiger partial charge in [0, 0.05) is 23.7 Å². The van der Waals surface area contributed by atoms with Crippen LogP contribution in [0.3, 0.4) is 0 Å². The number of fused-ring (bicyclic) bond motifs is 1. The third-order valence-electron chi connectivity index (χ3n) is 4.54. The average molecular weight is 337 g/mol. The van der Waals surface area contributed by atoms with Gasteiger partial charge in [-0.3, -0.25) is 4.79 Å². The Labute approximate surface area is 147 Å². The van der Waals surface area contributed by atoms with Gasteiger partial charge in [0.2, 0.25) is 0 Å². The summed E-state index contributed by atoms with van der Waals surface area (Å²) in [5.74, 6) is 0.544. The van der Waals surface area contributed by atoms with Crippen LogP contribution in [0, 0.1) is 0 Å². The van der Waals surface area contributed by atoms with E-state index in [2.05, 4.69) is 31.3 Å². The molecule has 1 aromatic heterocycles. The highest BCUT2D eigenvalue weighted by atomic mass is 16.5. The third-order valence-corrected chi connectivity index (χ3v) is 4.54. The highest BCUT2D eigenvalue weighted by molar-refractivity contribution is 6.06. The number of anilines is 1. The predicted molar refractivity (Wildman–Crippen MR) is 100 cm³/mol. The second-order valence-corrected chi connectivity index (χ2v) is 6.22. The molecule has 25 heavy (non-hydrogen) atoms. The molecule has 0 aliphatic heterocycles. The minimum Gasteiger partial charge on any atom is -0.451 e. The minimum atomic E-state index is -0.264. The molecule has 0 bridgehead atoms. The number of ether oxygens (including phenoxy) is 1. The molecule has 1 atom stereocenters. The molecule has 130 valence electrons. The number of methoxy groups -OCH3 is 1. The van der Waals surface area contributed by atoms with E-state index in [1.54, 1.807) is 7.11 Å². The number of hydrogen-bond acceptors (Lipinski definition) is 3. The summed E-state index contributed by atoms with van der Waals surface area (Å²) in [5.41, 5.74) is 3.48. The number of rotatable bonds is 6. The fourth-order valence-electron chi connectivity index (χ4n) is 2.89. The monoisotopic (exact) mass is 337 g/mol. The SMILES string of the molecule is CC[C@@H](C)c1ccc(NC(=O)c2oc3ccccc3c2COC)cc1. The normalized spacial score (nSPS) is 12.3. The highest BCUT2D eigenvalue weighted by Crippen LogP contribution is 2.27. The van der Waals surface area contributed by atoms with E-state index in [4.69, 9.17) is 9.15 Å². The Morgan fingerprint density at radius 1 is 1.16 bits per heavy atom. The van der Waals surface area contributed by atoms with Gasteiger partial charge in [-0.15, -0.1) is 0 Å². The van der Waals surface area contributed by atoms with Gasteiger partial charge in [0.15, 0.2) is 5.76 Å². The van der Waals surface area contributed by atoms with Crippen molar-refractivity contribution in [3.8, 4) is 0 Å². The molecule has 3 rings (SSSR count). The van der Waals surface area contributed by atoms with E-state index in [0.29, 0.717) is 23.9 Å². The zero-order valence-electron chi connectivity index (χ0n) is 14.8. The molecular weight excluding hydrogens is 314 g/mol. The van der Waals surface area contributed by atoms with Crippen LogP contribution < -0.4 is 5.32 Å². The van der Waals surface area contributed by atoms with Crippen LogP contribution in [0.5, 0.6) is 0 Å². The molecule has 0 aliphatic rings. The first-order chi connectivity index (χ1) is 12.1. The van der Waals surface area contributed by atoms with Gasteiger partial charge in [0.05, 0.1) is 6.61 Å². The van der Waals surface area contributed by atoms with E-state index in [1.165, 1.54) is 5.56 Å². The van der Waals surface area contributed by atoms with E-state index in [-0.39, 0.29) is 5.91 Å². The molecule has 2 aromatic carbocycles. The van der Waals surface area contributed by atoms with Gasteiger partial charge in [-0.25, -0.2) is 0 Å². The van der Waals surface area contributed by atoms with Gasteiger partial charge in [-0.1, -0.05) is 44.2 Å². The smallest absolute Gasteiger partial charge is 0.291 e. The number of carbonyl (C=O) groups excluding carboxylic acids is 1.